The Morgan fingerprint density at radius 1 is 1.43 bits per heavy atom. The number of hydrogen-bond donors (Lipinski definition) is 1. The lowest BCUT2D eigenvalue weighted by molar-refractivity contribution is -0.384. The highest BCUT2D eigenvalue weighted by atomic mass is 16.6. The number of benzene rings is 1. The van der Waals surface area contributed by atoms with Gasteiger partial charge in [0.1, 0.15) is 0 Å². The van der Waals surface area contributed by atoms with Crippen LogP contribution >= 0.6 is 0 Å². The molecule has 0 amide bonds. The minimum Gasteiger partial charge on any atom is -0.307 e. The molecule has 21 heavy (non-hydrogen) atoms. The predicted octanol–water partition coefficient (Wildman–Crippen LogP) is 4.46. The lowest BCUT2D eigenvalue weighted by Gasteiger charge is -2.40. The van der Waals surface area contributed by atoms with Crippen molar-refractivity contribution in [1.82, 2.24) is 5.32 Å². The molecule has 116 valence electrons. The summed E-state index contributed by atoms with van der Waals surface area (Å²) in [5, 5.41) is 14.5. The first kappa shape index (κ1) is 16.0. The molecule has 4 heteroatoms. The van der Waals surface area contributed by atoms with E-state index in [1.807, 2.05) is 6.07 Å². The number of nitrogens with one attached hydrogen (secondary N) is 1. The summed E-state index contributed by atoms with van der Waals surface area (Å²) >= 11 is 0. The van der Waals surface area contributed by atoms with Gasteiger partial charge in [0.15, 0.2) is 0 Å². The molecule has 1 aliphatic rings. The van der Waals surface area contributed by atoms with Crippen LogP contribution in [-0.4, -0.2) is 11.0 Å². The third-order valence-electron chi connectivity index (χ3n) is 4.74. The minimum absolute atomic E-state index is 0.138. The Morgan fingerprint density at radius 3 is 2.76 bits per heavy atom. The van der Waals surface area contributed by atoms with Crippen LogP contribution in [0.3, 0.4) is 0 Å². The van der Waals surface area contributed by atoms with Gasteiger partial charge in [0, 0.05) is 24.2 Å². The van der Waals surface area contributed by atoms with Gasteiger partial charge in [-0.3, -0.25) is 10.1 Å². The van der Waals surface area contributed by atoms with Crippen LogP contribution in [0.2, 0.25) is 0 Å². The molecule has 0 aliphatic heterocycles. The van der Waals surface area contributed by atoms with Gasteiger partial charge in [-0.15, -0.1) is 0 Å². The molecule has 3 unspecified atom stereocenters. The molecule has 2 rings (SSSR count). The average molecular weight is 290 g/mol. The summed E-state index contributed by atoms with van der Waals surface area (Å²) in [6.45, 7) is 9.07. The molecule has 4 nitrogen and oxygen atoms in total. The third-order valence-corrected chi connectivity index (χ3v) is 4.74. The Hall–Kier alpha value is -1.42. The number of rotatable bonds is 4. The Kier molecular flexibility index (Phi) is 4.67. The quantitative estimate of drug-likeness (QED) is 0.658. The molecular formula is C17H26N2O2. The Labute approximate surface area is 127 Å². The van der Waals surface area contributed by atoms with Crippen LogP contribution in [0.4, 0.5) is 5.69 Å². The fourth-order valence-corrected chi connectivity index (χ4v) is 3.52. The second kappa shape index (κ2) is 6.14. The molecule has 1 saturated carbocycles. The number of nitrogens with zero attached hydrogens (tertiary/aromatic N) is 1. The van der Waals surface area contributed by atoms with Crippen LogP contribution in [0.15, 0.2) is 24.3 Å². The van der Waals surface area contributed by atoms with Crippen molar-refractivity contribution < 1.29 is 4.92 Å². The van der Waals surface area contributed by atoms with Crippen molar-refractivity contribution in [2.24, 2.45) is 11.3 Å². The molecule has 0 heterocycles. The van der Waals surface area contributed by atoms with Gasteiger partial charge in [-0.25, -0.2) is 0 Å². The second-order valence-electron chi connectivity index (χ2n) is 7.23. The lowest BCUT2D eigenvalue weighted by atomic mass is 9.70. The summed E-state index contributed by atoms with van der Waals surface area (Å²) in [5.41, 5.74) is 1.59. The fourth-order valence-electron chi connectivity index (χ4n) is 3.52. The van der Waals surface area contributed by atoms with E-state index in [4.69, 9.17) is 0 Å². The van der Waals surface area contributed by atoms with Crippen molar-refractivity contribution in [3.63, 3.8) is 0 Å². The van der Waals surface area contributed by atoms with E-state index in [0.717, 1.165) is 5.56 Å². The maximum absolute atomic E-state index is 10.9. The standard InChI is InChI=1S/C17H26N2O2/c1-12-11-17(3,4)9-8-16(12)18-13(2)14-6-5-7-15(10-14)19(20)21/h5-7,10,12-13,16,18H,8-9,11H2,1-4H3. The summed E-state index contributed by atoms with van der Waals surface area (Å²) in [4.78, 5) is 10.5. The SMILES string of the molecule is CC(NC1CCC(C)(C)CC1C)c1cccc([N+](=O)[O-])c1. The predicted molar refractivity (Wildman–Crippen MR) is 85.2 cm³/mol. The lowest BCUT2D eigenvalue weighted by Crippen LogP contribution is -2.42. The van der Waals surface area contributed by atoms with Gasteiger partial charge >= 0.3 is 0 Å². The Bertz CT molecular complexity index is 513. The molecular weight excluding hydrogens is 264 g/mol. The maximum atomic E-state index is 10.9. The molecule has 1 aliphatic carbocycles. The van der Waals surface area contributed by atoms with Crippen molar-refractivity contribution in [1.29, 1.82) is 0 Å². The number of nitro benzene ring substituents is 1. The molecule has 0 saturated heterocycles. The monoisotopic (exact) mass is 290 g/mol. The maximum Gasteiger partial charge on any atom is 0.269 e. The van der Waals surface area contributed by atoms with E-state index >= 15 is 0 Å². The Balaban J connectivity index is 2.03. The van der Waals surface area contributed by atoms with E-state index in [1.165, 1.54) is 19.3 Å². The van der Waals surface area contributed by atoms with Gasteiger partial charge in [0.05, 0.1) is 4.92 Å². The summed E-state index contributed by atoms with van der Waals surface area (Å²) in [5.74, 6) is 0.634. The van der Waals surface area contributed by atoms with Gasteiger partial charge < -0.3 is 5.32 Å². The van der Waals surface area contributed by atoms with Crippen LogP contribution in [0.1, 0.15) is 58.6 Å². The molecule has 0 radical (unpaired) electrons. The summed E-state index contributed by atoms with van der Waals surface area (Å²) in [6.07, 6.45) is 3.64. The zero-order valence-electron chi connectivity index (χ0n) is 13.4. The highest BCUT2D eigenvalue weighted by Crippen LogP contribution is 2.39. The van der Waals surface area contributed by atoms with Crippen LogP contribution in [0, 0.1) is 21.4 Å². The van der Waals surface area contributed by atoms with Crippen LogP contribution < -0.4 is 5.32 Å². The van der Waals surface area contributed by atoms with Crippen molar-refractivity contribution in [2.75, 3.05) is 0 Å². The number of hydrogen-bond acceptors (Lipinski definition) is 3. The van der Waals surface area contributed by atoms with E-state index in [-0.39, 0.29) is 16.7 Å². The van der Waals surface area contributed by atoms with Crippen molar-refractivity contribution in [3.05, 3.63) is 39.9 Å². The highest BCUT2D eigenvalue weighted by Gasteiger charge is 2.32. The van der Waals surface area contributed by atoms with Gasteiger partial charge in [0.2, 0.25) is 0 Å². The first-order valence-electron chi connectivity index (χ1n) is 7.79. The van der Waals surface area contributed by atoms with E-state index in [0.29, 0.717) is 17.4 Å². The summed E-state index contributed by atoms with van der Waals surface area (Å²) < 4.78 is 0. The largest absolute Gasteiger partial charge is 0.307 e. The van der Waals surface area contributed by atoms with Crippen molar-refractivity contribution >= 4 is 5.69 Å². The third kappa shape index (κ3) is 4.03. The smallest absolute Gasteiger partial charge is 0.269 e. The topological polar surface area (TPSA) is 55.2 Å². The molecule has 0 spiro atoms. The van der Waals surface area contributed by atoms with E-state index in [9.17, 15) is 10.1 Å². The number of nitro groups is 1. The van der Waals surface area contributed by atoms with E-state index in [2.05, 4.69) is 33.0 Å². The first-order valence-corrected chi connectivity index (χ1v) is 7.79. The fraction of sp³-hybridized carbons (Fsp3) is 0.647. The summed E-state index contributed by atoms with van der Waals surface area (Å²) in [7, 11) is 0. The van der Waals surface area contributed by atoms with Crippen LogP contribution in [0.5, 0.6) is 0 Å². The minimum atomic E-state index is -0.331. The normalized spacial score (nSPS) is 26.3. The molecule has 1 N–H and O–H groups in total. The molecule has 1 aromatic rings. The molecule has 0 aromatic heterocycles. The van der Waals surface area contributed by atoms with E-state index in [1.54, 1.807) is 18.2 Å². The molecule has 1 aromatic carbocycles. The van der Waals surface area contributed by atoms with Crippen molar-refractivity contribution in [2.45, 2.75) is 59.0 Å². The van der Waals surface area contributed by atoms with Gasteiger partial charge in [0.25, 0.3) is 5.69 Å². The van der Waals surface area contributed by atoms with Crippen LogP contribution in [-0.2, 0) is 0 Å². The number of non-ortho nitro benzene ring substituents is 1. The van der Waals surface area contributed by atoms with Crippen LogP contribution in [0.25, 0.3) is 0 Å². The molecule has 1 fully saturated rings. The van der Waals surface area contributed by atoms with Gasteiger partial charge in [-0.2, -0.15) is 0 Å². The Morgan fingerprint density at radius 2 is 2.14 bits per heavy atom. The van der Waals surface area contributed by atoms with E-state index < -0.39 is 0 Å². The van der Waals surface area contributed by atoms with Gasteiger partial charge in [-0.05, 0) is 43.1 Å². The second-order valence-corrected chi connectivity index (χ2v) is 7.23. The molecule has 0 bridgehead atoms. The zero-order valence-corrected chi connectivity index (χ0v) is 13.4. The van der Waals surface area contributed by atoms with Gasteiger partial charge in [-0.1, -0.05) is 32.9 Å². The average Bonchev–Trinajstić information content (AvgIpc) is 2.41. The summed E-state index contributed by atoms with van der Waals surface area (Å²) in [6, 6.07) is 7.57. The highest BCUT2D eigenvalue weighted by molar-refractivity contribution is 5.35. The first-order chi connectivity index (χ1) is 9.78. The van der Waals surface area contributed by atoms with Crippen molar-refractivity contribution in [3.8, 4) is 0 Å². The molecule has 3 atom stereocenters. The zero-order chi connectivity index (χ0) is 15.6.